The maximum Gasteiger partial charge on any atom is 0.401 e. The molecule has 8 rings (SSSR count). The Labute approximate surface area is 210 Å². The average Bonchev–Trinajstić information content (AvgIpc) is 3.66. The molecule has 6 fully saturated rings. The number of carbonyl (C=O) groups is 1. The molecule has 0 atom stereocenters. The molecule has 3 saturated carbocycles. The molecule has 1 N–H and O–H groups in total. The molecule has 3 saturated heterocycles. The highest BCUT2D eigenvalue weighted by Gasteiger charge is 2.67. The highest BCUT2D eigenvalue weighted by molar-refractivity contribution is 5.77. The zero-order valence-corrected chi connectivity index (χ0v) is 20.4. The average molecular weight is 519 g/mol. The number of nitrogens with zero attached hydrogens (tertiary/aromatic N) is 7. The lowest BCUT2D eigenvalue weighted by Gasteiger charge is -2.63. The summed E-state index contributed by atoms with van der Waals surface area (Å²) in [6.07, 6.45) is 0.228. The van der Waals surface area contributed by atoms with E-state index in [4.69, 9.17) is 9.51 Å². The zero-order valence-electron chi connectivity index (χ0n) is 20.4. The molecular weight excluding hydrogens is 489 g/mol. The minimum Gasteiger partial charge on any atom is -0.338 e. The van der Waals surface area contributed by atoms with Gasteiger partial charge in [0, 0.05) is 61.9 Å². The van der Waals surface area contributed by atoms with Gasteiger partial charge in [0.1, 0.15) is 11.2 Å². The molecule has 13 heteroatoms. The van der Waals surface area contributed by atoms with Crippen LogP contribution in [0.5, 0.6) is 0 Å². The summed E-state index contributed by atoms with van der Waals surface area (Å²) in [6, 6.07) is 0.121. The van der Waals surface area contributed by atoms with Crippen molar-refractivity contribution in [1.82, 2.24) is 40.0 Å². The third-order valence-electron chi connectivity index (χ3n) is 9.52. The van der Waals surface area contributed by atoms with Crippen molar-refractivity contribution >= 4 is 6.03 Å². The number of urea groups is 1. The third-order valence-corrected chi connectivity index (χ3v) is 9.52. The lowest BCUT2D eigenvalue weighted by Crippen LogP contribution is -2.75. The van der Waals surface area contributed by atoms with Crippen LogP contribution < -0.4 is 0 Å². The van der Waals surface area contributed by atoms with Crippen LogP contribution in [0.25, 0.3) is 0 Å². The van der Waals surface area contributed by atoms with E-state index in [-0.39, 0.29) is 41.4 Å². The number of aromatic amines is 1. The molecule has 5 heterocycles. The van der Waals surface area contributed by atoms with E-state index < -0.39 is 11.6 Å². The van der Waals surface area contributed by atoms with Gasteiger partial charge in [-0.25, -0.2) is 9.78 Å². The van der Waals surface area contributed by atoms with Gasteiger partial charge in [0.05, 0.1) is 6.54 Å². The fourth-order valence-electron chi connectivity index (χ4n) is 7.11. The normalized spacial score (nSPS) is 27.5. The van der Waals surface area contributed by atoms with Crippen LogP contribution in [0.1, 0.15) is 73.7 Å². The molecule has 198 valence electrons. The van der Waals surface area contributed by atoms with Gasteiger partial charge in [0.2, 0.25) is 5.89 Å². The number of amides is 2. The fourth-order valence-corrected chi connectivity index (χ4v) is 7.11. The van der Waals surface area contributed by atoms with Crippen molar-refractivity contribution in [3.05, 3.63) is 23.4 Å². The number of nitrogens with one attached hydrogen (secondary N) is 1. The lowest BCUT2D eigenvalue weighted by atomic mass is 9.57. The summed E-state index contributed by atoms with van der Waals surface area (Å²) in [6.45, 7) is 4.99. The molecule has 2 aromatic heterocycles. The van der Waals surface area contributed by atoms with Gasteiger partial charge in [-0.1, -0.05) is 5.16 Å². The zero-order chi connectivity index (χ0) is 25.2. The summed E-state index contributed by atoms with van der Waals surface area (Å²) >= 11 is 0. The molecule has 0 aromatic carbocycles. The monoisotopic (exact) mass is 518 g/mol. The first-order valence-corrected chi connectivity index (χ1v) is 13.2. The maximum atomic E-state index is 13.3. The lowest BCUT2D eigenvalue weighted by molar-refractivity contribution is -0.162. The van der Waals surface area contributed by atoms with Gasteiger partial charge >= 0.3 is 12.2 Å². The van der Waals surface area contributed by atoms with Crippen LogP contribution in [-0.4, -0.2) is 91.5 Å². The van der Waals surface area contributed by atoms with Crippen LogP contribution in [0.4, 0.5) is 18.0 Å². The van der Waals surface area contributed by atoms with Gasteiger partial charge in [0.15, 0.2) is 11.6 Å². The molecule has 0 bridgehead atoms. The molecule has 0 radical (unpaired) electrons. The van der Waals surface area contributed by atoms with E-state index in [1.54, 1.807) is 0 Å². The van der Waals surface area contributed by atoms with Gasteiger partial charge in [-0.15, -0.1) is 0 Å². The second kappa shape index (κ2) is 7.03. The Balaban J connectivity index is 0.781. The van der Waals surface area contributed by atoms with Crippen molar-refractivity contribution < 1.29 is 22.5 Å². The number of likely N-dealkylation sites (tertiary alicyclic amines) is 3. The summed E-state index contributed by atoms with van der Waals surface area (Å²) in [4.78, 5) is 27.7. The molecule has 2 spiro atoms. The first kappa shape index (κ1) is 22.3. The van der Waals surface area contributed by atoms with Gasteiger partial charge < -0.3 is 14.3 Å². The minimum absolute atomic E-state index is 0.0213. The van der Waals surface area contributed by atoms with Crippen molar-refractivity contribution in [2.24, 2.45) is 10.8 Å². The molecular formula is C24H29F3N8O2. The fraction of sp³-hybridized carbons (Fsp3) is 0.792. The Kier molecular flexibility index (Phi) is 4.24. The largest absolute Gasteiger partial charge is 0.401 e. The SMILES string of the molecule is O=C(N1CC2(CC(c3n[nH]c(C4CC4)n3)C2)C1)N1CC2(CN(Cc3nc(C4(C(F)(F)F)CC4)no3)C2)C1. The molecule has 6 aliphatic rings. The van der Waals surface area contributed by atoms with Crippen LogP contribution in [0.2, 0.25) is 0 Å². The number of hydrogen-bond donors (Lipinski definition) is 1. The van der Waals surface area contributed by atoms with E-state index in [9.17, 15) is 18.0 Å². The number of aromatic nitrogens is 5. The smallest absolute Gasteiger partial charge is 0.338 e. The second-order valence-corrected chi connectivity index (χ2v) is 12.7. The molecule has 3 aliphatic heterocycles. The standard InChI is InChI=1S/C24H29F3N8O2/c25-24(26,27)23(3-4-23)19-28-16(37-32-19)7-33-8-22(9-33)12-35(13-22)20(36)34-10-21(11-34)5-15(6-21)18-29-17(30-31-18)14-1-2-14/h14-15H,1-13H2,(H,29,30,31). The maximum absolute atomic E-state index is 13.3. The number of halogens is 3. The Bertz CT molecular complexity index is 1240. The molecule has 2 amide bonds. The number of H-pyrrole nitrogens is 1. The third kappa shape index (κ3) is 3.38. The van der Waals surface area contributed by atoms with Gasteiger partial charge in [-0.2, -0.15) is 23.3 Å². The van der Waals surface area contributed by atoms with Crippen LogP contribution >= 0.6 is 0 Å². The van der Waals surface area contributed by atoms with E-state index in [1.165, 1.54) is 12.8 Å². The molecule has 3 aliphatic carbocycles. The van der Waals surface area contributed by atoms with Crippen molar-refractivity contribution in [3.8, 4) is 0 Å². The predicted octanol–water partition coefficient (Wildman–Crippen LogP) is 2.78. The van der Waals surface area contributed by atoms with Crippen LogP contribution in [0.3, 0.4) is 0 Å². The topological polar surface area (TPSA) is 107 Å². The van der Waals surface area contributed by atoms with E-state index in [0.717, 1.165) is 63.8 Å². The summed E-state index contributed by atoms with van der Waals surface area (Å²) in [5, 5.41) is 11.2. The van der Waals surface area contributed by atoms with Crippen molar-refractivity contribution in [3.63, 3.8) is 0 Å². The molecule has 0 unspecified atom stereocenters. The van der Waals surface area contributed by atoms with E-state index >= 15 is 0 Å². The Morgan fingerprint density at radius 2 is 1.65 bits per heavy atom. The summed E-state index contributed by atoms with van der Waals surface area (Å²) in [5.41, 5.74) is -1.59. The Hall–Kier alpha value is -2.70. The first-order chi connectivity index (χ1) is 17.6. The van der Waals surface area contributed by atoms with Crippen molar-refractivity contribution in [2.75, 3.05) is 39.3 Å². The van der Waals surface area contributed by atoms with Crippen LogP contribution in [0.15, 0.2) is 4.52 Å². The number of rotatable bonds is 5. The number of alkyl halides is 3. The highest BCUT2D eigenvalue weighted by atomic mass is 19.4. The van der Waals surface area contributed by atoms with E-state index in [2.05, 4.69) is 25.2 Å². The predicted molar refractivity (Wildman–Crippen MR) is 120 cm³/mol. The quantitative estimate of drug-likeness (QED) is 0.649. The number of hydrogen-bond acceptors (Lipinski definition) is 7. The Morgan fingerprint density at radius 1 is 0.973 bits per heavy atom. The highest BCUT2D eigenvalue weighted by Crippen LogP contribution is 2.58. The van der Waals surface area contributed by atoms with Crippen LogP contribution in [-0.2, 0) is 12.0 Å². The van der Waals surface area contributed by atoms with Crippen LogP contribution in [0, 0.1) is 10.8 Å². The van der Waals surface area contributed by atoms with Gasteiger partial charge in [-0.05, 0) is 38.5 Å². The van der Waals surface area contributed by atoms with Crippen molar-refractivity contribution in [1.29, 1.82) is 0 Å². The van der Waals surface area contributed by atoms with Crippen molar-refractivity contribution in [2.45, 2.75) is 68.5 Å². The summed E-state index contributed by atoms with van der Waals surface area (Å²) in [5.74, 6) is 2.97. The molecule has 2 aromatic rings. The first-order valence-electron chi connectivity index (χ1n) is 13.2. The molecule has 10 nitrogen and oxygen atoms in total. The Morgan fingerprint density at radius 3 is 2.27 bits per heavy atom. The van der Waals surface area contributed by atoms with E-state index in [1.807, 2.05) is 9.80 Å². The summed E-state index contributed by atoms with van der Waals surface area (Å²) in [7, 11) is 0. The minimum atomic E-state index is -4.34. The van der Waals surface area contributed by atoms with Gasteiger partial charge in [0.25, 0.3) is 0 Å². The molecule has 37 heavy (non-hydrogen) atoms. The van der Waals surface area contributed by atoms with E-state index in [0.29, 0.717) is 18.4 Å². The summed E-state index contributed by atoms with van der Waals surface area (Å²) < 4.78 is 45.0. The number of carbonyl (C=O) groups excluding carboxylic acids is 1. The second-order valence-electron chi connectivity index (χ2n) is 12.7. The van der Waals surface area contributed by atoms with Gasteiger partial charge in [-0.3, -0.25) is 10.00 Å².